The highest BCUT2D eigenvalue weighted by Gasteiger charge is 2.32. The van der Waals surface area contributed by atoms with Crippen molar-refractivity contribution in [2.24, 2.45) is 4.99 Å². The highest BCUT2D eigenvalue weighted by molar-refractivity contribution is 6.36. The second-order valence-electron chi connectivity index (χ2n) is 9.61. The fourth-order valence-electron chi connectivity index (χ4n) is 4.71. The van der Waals surface area contributed by atoms with E-state index in [1.807, 2.05) is 37.0 Å². The summed E-state index contributed by atoms with van der Waals surface area (Å²) in [6, 6.07) is 8.72. The van der Waals surface area contributed by atoms with Gasteiger partial charge in [-0.1, -0.05) is 6.07 Å². The van der Waals surface area contributed by atoms with E-state index < -0.39 is 17.6 Å². The third-order valence-corrected chi connectivity index (χ3v) is 6.81. The number of nitrogens with zero attached hydrogens (tertiary/aromatic N) is 6. The highest BCUT2D eigenvalue weighted by Crippen LogP contribution is 2.37. The molecule has 3 aromatic heterocycles. The normalized spacial score (nSPS) is 14.1. The molecule has 6 rings (SSSR count). The number of aromatic nitrogens is 4. The van der Waals surface area contributed by atoms with Gasteiger partial charge in [-0.2, -0.15) is 18.2 Å². The van der Waals surface area contributed by atoms with Gasteiger partial charge in [0.15, 0.2) is 0 Å². The first kappa shape index (κ1) is 26.1. The first-order valence-corrected chi connectivity index (χ1v) is 12.7. The number of amides is 1. The first-order valence-electron chi connectivity index (χ1n) is 12.7. The molecule has 2 N–H and O–H groups in total. The Morgan fingerprint density at radius 1 is 1.00 bits per heavy atom. The molecular weight excluding hydrogens is 533 g/mol. The molecular formula is C29H23F3N8O. The number of carbonyl (C=O) groups is 1. The number of aliphatic imine (C=N–C) groups is 1. The number of carbonyl (C=O) groups excluding carboxylic acids is 1. The minimum absolute atomic E-state index is 0.331. The average Bonchev–Trinajstić information content (AvgIpc) is 3.45. The summed E-state index contributed by atoms with van der Waals surface area (Å²) in [5.74, 6) is 1.18. The Kier molecular flexibility index (Phi) is 6.45. The molecule has 0 unspecified atom stereocenters. The molecule has 206 valence electrons. The van der Waals surface area contributed by atoms with Gasteiger partial charge < -0.3 is 15.5 Å². The first-order chi connectivity index (χ1) is 19.7. The van der Waals surface area contributed by atoms with Crippen molar-refractivity contribution in [3.63, 3.8) is 0 Å². The standard InChI is InChI=1S/C29H23F3N8O/c1-16-3-4-20(37-27(41)24-12-19(5-8-34-24)29(30,31)32)13-21(16)22-11-18-15-36-28(38-23-6-7-33-14-17(23)2)39-25(18)40-10-9-35-26(22)40/h3-8,11-15H,9-10H2,1-2H3,(H,37,41)(H,33,36,38,39). The quantitative estimate of drug-likeness (QED) is 0.326. The molecule has 0 saturated carbocycles. The summed E-state index contributed by atoms with van der Waals surface area (Å²) < 4.78 is 39.3. The van der Waals surface area contributed by atoms with Crippen LogP contribution in [-0.4, -0.2) is 44.8 Å². The maximum Gasteiger partial charge on any atom is 0.416 e. The predicted octanol–water partition coefficient (Wildman–Crippen LogP) is 5.67. The van der Waals surface area contributed by atoms with Gasteiger partial charge in [-0.15, -0.1) is 0 Å². The molecule has 0 spiro atoms. The summed E-state index contributed by atoms with van der Waals surface area (Å²) in [5, 5.41) is 5.92. The number of hydrogen-bond donors (Lipinski definition) is 2. The monoisotopic (exact) mass is 556 g/mol. The van der Waals surface area contributed by atoms with Crippen LogP contribution in [0.5, 0.6) is 0 Å². The lowest BCUT2D eigenvalue weighted by Crippen LogP contribution is -2.32. The molecule has 4 aromatic rings. The number of anilines is 4. The van der Waals surface area contributed by atoms with Crippen LogP contribution in [-0.2, 0) is 6.18 Å². The van der Waals surface area contributed by atoms with Crippen LogP contribution in [0.3, 0.4) is 0 Å². The highest BCUT2D eigenvalue weighted by atomic mass is 19.4. The van der Waals surface area contributed by atoms with Gasteiger partial charge in [-0.25, -0.2) is 4.98 Å². The summed E-state index contributed by atoms with van der Waals surface area (Å²) in [6.07, 6.45) is 3.55. The van der Waals surface area contributed by atoms with Gasteiger partial charge in [0.1, 0.15) is 17.3 Å². The van der Waals surface area contributed by atoms with E-state index in [0.29, 0.717) is 24.7 Å². The van der Waals surface area contributed by atoms with E-state index >= 15 is 0 Å². The third-order valence-electron chi connectivity index (χ3n) is 6.81. The van der Waals surface area contributed by atoms with Crippen LogP contribution < -0.4 is 15.5 Å². The molecule has 0 fully saturated rings. The van der Waals surface area contributed by atoms with Crippen molar-refractivity contribution < 1.29 is 18.0 Å². The molecule has 0 radical (unpaired) electrons. The maximum atomic E-state index is 13.1. The third kappa shape index (κ3) is 5.11. The van der Waals surface area contributed by atoms with E-state index in [-0.39, 0.29) is 5.69 Å². The SMILES string of the molecule is Cc1cnccc1Nc1ncc2c(n1)N1CCN=C1C(c1cc(NC(=O)c3cc(C(F)(F)F)ccn3)ccc1C)=C2. The topological polar surface area (TPSA) is 108 Å². The van der Waals surface area contributed by atoms with Crippen molar-refractivity contribution in [1.29, 1.82) is 0 Å². The number of nitrogens with one attached hydrogen (secondary N) is 2. The number of rotatable bonds is 5. The Hall–Kier alpha value is -5.13. The van der Waals surface area contributed by atoms with E-state index in [4.69, 9.17) is 9.98 Å². The number of alkyl halides is 3. The molecule has 0 atom stereocenters. The van der Waals surface area contributed by atoms with Crippen LogP contribution in [0.2, 0.25) is 0 Å². The van der Waals surface area contributed by atoms with Crippen molar-refractivity contribution in [2.75, 3.05) is 28.6 Å². The van der Waals surface area contributed by atoms with Gasteiger partial charge in [0.05, 0.1) is 12.1 Å². The molecule has 1 aromatic carbocycles. The molecule has 41 heavy (non-hydrogen) atoms. The number of amidine groups is 1. The zero-order chi connectivity index (χ0) is 28.7. The van der Waals surface area contributed by atoms with Gasteiger partial charge >= 0.3 is 6.18 Å². The Bertz CT molecular complexity index is 1750. The van der Waals surface area contributed by atoms with Crippen molar-refractivity contribution in [2.45, 2.75) is 20.0 Å². The van der Waals surface area contributed by atoms with E-state index in [2.05, 4.69) is 25.6 Å². The minimum Gasteiger partial charge on any atom is -0.324 e. The Morgan fingerprint density at radius 2 is 1.85 bits per heavy atom. The molecule has 0 bridgehead atoms. The van der Waals surface area contributed by atoms with Gasteiger partial charge in [-0.3, -0.25) is 19.8 Å². The van der Waals surface area contributed by atoms with Crippen LogP contribution in [0.4, 0.5) is 36.3 Å². The molecule has 2 aliphatic rings. The summed E-state index contributed by atoms with van der Waals surface area (Å²) in [5.41, 5.74) is 4.34. The smallest absolute Gasteiger partial charge is 0.324 e. The summed E-state index contributed by atoms with van der Waals surface area (Å²) in [4.78, 5) is 36.8. The summed E-state index contributed by atoms with van der Waals surface area (Å²) in [6.45, 7) is 5.11. The second-order valence-corrected chi connectivity index (χ2v) is 9.61. The van der Waals surface area contributed by atoms with Gasteiger partial charge in [0, 0.05) is 53.8 Å². The molecule has 1 amide bonds. The molecule has 5 heterocycles. The summed E-state index contributed by atoms with van der Waals surface area (Å²) in [7, 11) is 0. The fourth-order valence-corrected chi connectivity index (χ4v) is 4.71. The fraction of sp³-hybridized carbons (Fsp3) is 0.172. The number of pyridine rings is 2. The molecule has 0 aliphatic carbocycles. The maximum absolute atomic E-state index is 13.1. The summed E-state index contributed by atoms with van der Waals surface area (Å²) >= 11 is 0. The average molecular weight is 557 g/mol. The number of benzene rings is 1. The molecule has 2 aliphatic heterocycles. The van der Waals surface area contributed by atoms with E-state index in [1.54, 1.807) is 30.7 Å². The molecule has 0 saturated heterocycles. The van der Waals surface area contributed by atoms with Crippen molar-refractivity contribution in [3.05, 3.63) is 94.7 Å². The zero-order valence-electron chi connectivity index (χ0n) is 22.0. The number of halogens is 3. The Labute approximate surface area is 232 Å². The van der Waals surface area contributed by atoms with Crippen LogP contribution in [0.25, 0.3) is 11.6 Å². The van der Waals surface area contributed by atoms with Gasteiger partial charge in [0.25, 0.3) is 5.91 Å². The lowest BCUT2D eigenvalue weighted by Gasteiger charge is -2.28. The lowest BCUT2D eigenvalue weighted by atomic mass is 9.94. The number of fused-ring (bicyclic) bond motifs is 3. The van der Waals surface area contributed by atoms with Crippen LogP contribution in [0, 0.1) is 13.8 Å². The van der Waals surface area contributed by atoms with Gasteiger partial charge in [0.2, 0.25) is 5.95 Å². The predicted molar refractivity (Wildman–Crippen MR) is 150 cm³/mol. The van der Waals surface area contributed by atoms with Crippen molar-refractivity contribution in [3.8, 4) is 0 Å². The van der Waals surface area contributed by atoms with Gasteiger partial charge in [-0.05, 0) is 66.9 Å². The Morgan fingerprint density at radius 3 is 2.66 bits per heavy atom. The number of aryl methyl sites for hydroxylation is 2. The zero-order valence-corrected chi connectivity index (χ0v) is 22.0. The van der Waals surface area contributed by atoms with Crippen LogP contribution in [0.15, 0.2) is 66.2 Å². The second kappa shape index (κ2) is 10.1. The van der Waals surface area contributed by atoms with E-state index in [9.17, 15) is 18.0 Å². The van der Waals surface area contributed by atoms with E-state index in [1.165, 1.54) is 0 Å². The number of hydrogen-bond acceptors (Lipinski definition) is 8. The van der Waals surface area contributed by atoms with Crippen LogP contribution in [0.1, 0.15) is 38.3 Å². The Balaban J connectivity index is 1.31. The van der Waals surface area contributed by atoms with Crippen LogP contribution >= 0.6 is 0 Å². The largest absolute Gasteiger partial charge is 0.416 e. The van der Waals surface area contributed by atoms with E-state index in [0.717, 1.165) is 63.5 Å². The lowest BCUT2D eigenvalue weighted by molar-refractivity contribution is -0.137. The minimum atomic E-state index is -4.58. The molecule has 12 heteroatoms. The van der Waals surface area contributed by atoms with Crippen molar-refractivity contribution in [1.82, 2.24) is 19.9 Å². The molecule has 9 nitrogen and oxygen atoms in total. The van der Waals surface area contributed by atoms with Crippen molar-refractivity contribution >= 4 is 46.5 Å².